The van der Waals surface area contributed by atoms with Crippen LogP contribution in [0.15, 0.2) is 23.0 Å². The van der Waals surface area contributed by atoms with Crippen molar-refractivity contribution in [2.45, 2.75) is 44.7 Å². The van der Waals surface area contributed by atoms with Gasteiger partial charge < -0.3 is 14.8 Å². The van der Waals surface area contributed by atoms with Gasteiger partial charge >= 0.3 is 11.6 Å². The molecule has 2 aliphatic heterocycles. The molecule has 3 heterocycles. The molecule has 0 spiro atoms. The number of rotatable bonds is 1. The quantitative estimate of drug-likeness (QED) is 0.574. The van der Waals surface area contributed by atoms with Crippen molar-refractivity contribution >= 4 is 11.6 Å². The molecule has 5 heteroatoms. The Morgan fingerprint density at radius 2 is 2.26 bits per heavy atom. The van der Waals surface area contributed by atoms with E-state index in [1.165, 1.54) is 0 Å². The van der Waals surface area contributed by atoms with Crippen molar-refractivity contribution in [1.29, 1.82) is 0 Å². The molecule has 0 aliphatic carbocycles. The van der Waals surface area contributed by atoms with E-state index in [4.69, 9.17) is 9.95 Å². The van der Waals surface area contributed by atoms with Crippen LogP contribution >= 0.6 is 0 Å². The van der Waals surface area contributed by atoms with Crippen molar-refractivity contribution in [2.75, 3.05) is 0 Å². The average molecular weight is 259 g/mol. The fourth-order valence-electron chi connectivity index (χ4n) is 3.40. The first-order valence-corrected chi connectivity index (χ1v) is 6.78. The van der Waals surface area contributed by atoms with Gasteiger partial charge in [-0.15, -0.1) is 0 Å². The second-order valence-corrected chi connectivity index (χ2v) is 5.49. The van der Waals surface area contributed by atoms with Crippen molar-refractivity contribution in [3.05, 3.63) is 29.7 Å². The summed E-state index contributed by atoms with van der Waals surface area (Å²) >= 11 is 0. The molecule has 5 nitrogen and oxygen atoms in total. The first-order chi connectivity index (χ1) is 9.22. The number of hydrogen-bond acceptors (Lipinski definition) is 2. The molecule has 1 aromatic heterocycles. The van der Waals surface area contributed by atoms with Crippen LogP contribution in [0.4, 0.5) is 0 Å². The van der Waals surface area contributed by atoms with Gasteiger partial charge in [0, 0.05) is 11.6 Å². The first-order valence-electron chi connectivity index (χ1n) is 6.78. The van der Waals surface area contributed by atoms with E-state index in [1.54, 1.807) is 12.5 Å². The predicted molar refractivity (Wildman–Crippen MR) is 68.3 cm³/mol. The van der Waals surface area contributed by atoms with Crippen molar-refractivity contribution in [3.8, 4) is 0 Å². The van der Waals surface area contributed by atoms with Crippen molar-refractivity contribution in [1.82, 2.24) is 4.90 Å². The van der Waals surface area contributed by atoms with Crippen LogP contribution in [-0.2, 0) is 4.79 Å². The molecular weight excluding hydrogens is 242 g/mol. The van der Waals surface area contributed by atoms with E-state index in [0.29, 0.717) is 12.3 Å². The van der Waals surface area contributed by atoms with E-state index < -0.39 is 0 Å². The lowest BCUT2D eigenvalue weighted by molar-refractivity contribution is -0.140. The molecule has 2 fully saturated rings. The number of hydrogen-bond donors (Lipinski definition) is 0. The number of amides is 1. The molecule has 0 N–H and O–H groups in total. The van der Waals surface area contributed by atoms with E-state index in [-0.39, 0.29) is 23.7 Å². The van der Waals surface area contributed by atoms with E-state index in [2.05, 4.69) is 11.7 Å². The maximum Gasteiger partial charge on any atom is 0.356 e. The summed E-state index contributed by atoms with van der Waals surface area (Å²) in [5.41, 5.74) is 10.3. The highest BCUT2D eigenvalue weighted by molar-refractivity contribution is 6.37. The second kappa shape index (κ2) is 4.67. The predicted octanol–water partition coefficient (Wildman–Crippen LogP) is 2.41. The molecule has 3 rings (SSSR count). The zero-order valence-corrected chi connectivity index (χ0v) is 11.0. The van der Waals surface area contributed by atoms with Gasteiger partial charge in [-0.1, -0.05) is 6.92 Å². The van der Waals surface area contributed by atoms with Crippen molar-refractivity contribution < 1.29 is 14.0 Å². The van der Waals surface area contributed by atoms with Crippen molar-refractivity contribution in [3.63, 3.8) is 0 Å². The molecule has 2 saturated heterocycles. The number of piperidine rings is 2. The molecule has 3 atom stereocenters. The van der Waals surface area contributed by atoms with Gasteiger partial charge in [-0.2, -0.15) is 4.79 Å². The van der Waals surface area contributed by atoms with Gasteiger partial charge in [0.15, 0.2) is 0 Å². The van der Waals surface area contributed by atoms with Crippen LogP contribution in [0.3, 0.4) is 0 Å². The largest absolute Gasteiger partial charge is 0.472 e. The molecule has 0 bridgehead atoms. The minimum atomic E-state index is -0.128. The van der Waals surface area contributed by atoms with Gasteiger partial charge in [-0.05, 0) is 31.2 Å². The standard InChI is InChI=1S/C14H17N3O2/c1-9-2-4-13(10-6-7-19-8-10)17-12(9)5-3-11(16-15)14(17)18/h6-9,12-13H,2-5H2,1H3/t9-,12+,13+/m1/s1. The highest BCUT2D eigenvalue weighted by Crippen LogP contribution is 2.41. The fraction of sp³-hybridized carbons (Fsp3) is 0.571. The summed E-state index contributed by atoms with van der Waals surface area (Å²) in [5.74, 6) is 0.365. The van der Waals surface area contributed by atoms with Gasteiger partial charge in [-0.3, -0.25) is 4.79 Å². The smallest absolute Gasteiger partial charge is 0.356 e. The molecule has 0 aromatic carbocycles. The van der Waals surface area contributed by atoms with Crippen LogP contribution in [0.2, 0.25) is 0 Å². The lowest BCUT2D eigenvalue weighted by Gasteiger charge is -2.46. The topological polar surface area (TPSA) is 69.9 Å². The highest BCUT2D eigenvalue weighted by Gasteiger charge is 2.46. The third-order valence-corrected chi connectivity index (χ3v) is 4.45. The van der Waals surface area contributed by atoms with Crippen LogP contribution in [0.1, 0.15) is 44.2 Å². The lowest BCUT2D eigenvalue weighted by atomic mass is 9.79. The monoisotopic (exact) mass is 259 g/mol. The third-order valence-electron chi connectivity index (χ3n) is 4.45. The van der Waals surface area contributed by atoms with Crippen LogP contribution in [-0.4, -0.2) is 27.4 Å². The highest BCUT2D eigenvalue weighted by atomic mass is 16.3. The Morgan fingerprint density at radius 3 is 2.95 bits per heavy atom. The molecule has 100 valence electrons. The molecule has 1 aromatic rings. The van der Waals surface area contributed by atoms with E-state index in [1.807, 2.05) is 11.0 Å². The van der Waals surface area contributed by atoms with Gasteiger partial charge in [0.2, 0.25) is 0 Å². The number of carbonyl (C=O) groups excluding carboxylic acids is 1. The SMILES string of the molecule is C[C@@H]1CC[C@@H](c2ccoc2)N2C(=O)C(=[N+]=[N-])CC[C@@H]12. The molecule has 2 aliphatic rings. The number of furan rings is 1. The first kappa shape index (κ1) is 12.2. The Morgan fingerprint density at radius 1 is 1.42 bits per heavy atom. The maximum absolute atomic E-state index is 12.4. The van der Waals surface area contributed by atoms with Crippen molar-refractivity contribution in [2.24, 2.45) is 5.92 Å². The molecule has 19 heavy (non-hydrogen) atoms. The van der Waals surface area contributed by atoms with Gasteiger partial charge in [0.25, 0.3) is 0 Å². The van der Waals surface area contributed by atoms with E-state index in [0.717, 1.165) is 24.8 Å². The molecule has 1 amide bonds. The summed E-state index contributed by atoms with van der Waals surface area (Å²) in [6.07, 6.45) is 6.82. The van der Waals surface area contributed by atoms with E-state index >= 15 is 0 Å². The molecule has 0 unspecified atom stereocenters. The van der Waals surface area contributed by atoms with Gasteiger partial charge in [0.05, 0.1) is 25.0 Å². The summed E-state index contributed by atoms with van der Waals surface area (Å²) in [5, 5.41) is 0. The fourth-order valence-corrected chi connectivity index (χ4v) is 3.40. The van der Waals surface area contributed by atoms with E-state index in [9.17, 15) is 4.79 Å². The zero-order chi connectivity index (χ0) is 13.4. The summed E-state index contributed by atoms with van der Waals surface area (Å²) in [6, 6.07) is 2.20. The summed E-state index contributed by atoms with van der Waals surface area (Å²) in [6.45, 7) is 2.19. The second-order valence-electron chi connectivity index (χ2n) is 5.49. The summed E-state index contributed by atoms with van der Waals surface area (Å²) < 4.78 is 5.15. The Kier molecular flexibility index (Phi) is 2.99. The van der Waals surface area contributed by atoms with Gasteiger partial charge in [-0.25, -0.2) is 0 Å². The average Bonchev–Trinajstić information content (AvgIpc) is 2.94. The van der Waals surface area contributed by atoms with Crippen LogP contribution in [0.5, 0.6) is 0 Å². The van der Waals surface area contributed by atoms with Crippen LogP contribution in [0, 0.1) is 5.92 Å². The Labute approximate surface area is 111 Å². The maximum atomic E-state index is 12.4. The number of carbonyl (C=O) groups is 1. The number of nitrogens with zero attached hydrogens (tertiary/aromatic N) is 3. The lowest BCUT2D eigenvalue weighted by Crippen LogP contribution is -2.55. The molecular formula is C14H17N3O2. The number of fused-ring (bicyclic) bond motifs is 1. The normalized spacial score (nSPS) is 31.0. The molecule has 0 radical (unpaired) electrons. The Bertz CT molecular complexity index is 531. The minimum absolute atomic E-state index is 0.0458. The van der Waals surface area contributed by atoms with Crippen LogP contribution < -0.4 is 0 Å². The Balaban J connectivity index is 1.98. The Hall–Kier alpha value is -1.87. The summed E-state index contributed by atoms with van der Waals surface area (Å²) in [4.78, 5) is 17.5. The minimum Gasteiger partial charge on any atom is -0.472 e. The third kappa shape index (κ3) is 1.90. The summed E-state index contributed by atoms with van der Waals surface area (Å²) in [7, 11) is 0. The zero-order valence-electron chi connectivity index (χ0n) is 11.0. The van der Waals surface area contributed by atoms with Gasteiger partial charge in [0.1, 0.15) is 0 Å². The molecule has 0 saturated carbocycles. The van der Waals surface area contributed by atoms with Crippen LogP contribution in [0.25, 0.3) is 5.53 Å².